The molecule has 0 aromatic heterocycles. The van der Waals surface area contributed by atoms with Gasteiger partial charge in [-0.2, -0.15) is 0 Å². The topological polar surface area (TPSA) is 54.4 Å². The zero-order valence-corrected chi connectivity index (χ0v) is 5.91. The van der Waals surface area contributed by atoms with Crippen LogP contribution in [0.1, 0.15) is 0 Å². The SMILES string of the molecule is O=[SH](=O)c1ccc(O)cc1. The number of hydrogen-bond donors (Lipinski definition) is 2. The van der Waals surface area contributed by atoms with E-state index >= 15 is 0 Å². The Kier molecular flexibility index (Phi) is 1.91. The lowest BCUT2D eigenvalue weighted by Crippen LogP contribution is -1.76. The minimum atomic E-state index is -2.52. The highest BCUT2D eigenvalue weighted by Gasteiger charge is 1.92. The third-order valence-corrected chi connectivity index (χ3v) is 1.78. The van der Waals surface area contributed by atoms with E-state index in [1.54, 1.807) is 0 Å². The number of thiol groups is 1. The summed E-state index contributed by atoms with van der Waals surface area (Å²) in [5, 5.41) is 8.74. The standard InChI is InChI=1S/C6H6O3S/c7-5-1-3-6(4-2-5)10(8)9/h1-4,7,10H. The average Bonchev–Trinajstić information content (AvgIpc) is 1.88. The molecule has 0 unspecified atom stereocenters. The Balaban J connectivity index is 3.12. The van der Waals surface area contributed by atoms with Crippen LogP contribution >= 0.6 is 0 Å². The van der Waals surface area contributed by atoms with E-state index in [-0.39, 0.29) is 10.6 Å². The highest BCUT2D eigenvalue weighted by atomic mass is 32.2. The van der Waals surface area contributed by atoms with E-state index in [1.807, 2.05) is 0 Å². The van der Waals surface area contributed by atoms with Crippen molar-refractivity contribution >= 4 is 10.7 Å². The number of rotatable bonds is 1. The molecule has 0 fully saturated rings. The third-order valence-electron chi connectivity index (χ3n) is 1.06. The van der Waals surface area contributed by atoms with Gasteiger partial charge in [-0.1, -0.05) is 0 Å². The quantitative estimate of drug-likeness (QED) is 0.580. The van der Waals surface area contributed by atoms with Crippen LogP contribution < -0.4 is 0 Å². The summed E-state index contributed by atoms with van der Waals surface area (Å²) in [6, 6.07) is 5.36. The van der Waals surface area contributed by atoms with Crippen molar-refractivity contribution in [3.05, 3.63) is 24.3 Å². The molecule has 54 valence electrons. The predicted molar refractivity (Wildman–Crippen MR) is 36.7 cm³/mol. The maximum Gasteiger partial charge on any atom is 0.168 e. The van der Waals surface area contributed by atoms with Gasteiger partial charge in [0.2, 0.25) is 0 Å². The fraction of sp³-hybridized carbons (Fsp3) is 0. The normalized spacial score (nSPS) is 10.1. The smallest absolute Gasteiger partial charge is 0.168 e. The Hall–Kier alpha value is -1.03. The first kappa shape index (κ1) is 7.08. The van der Waals surface area contributed by atoms with Crippen molar-refractivity contribution in [3.63, 3.8) is 0 Å². The summed E-state index contributed by atoms with van der Waals surface area (Å²) in [6.07, 6.45) is 0. The molecule has 0 bridgehead atoms. The van der Waals surface area contributed by atoms with Crippen LogP contribution in [0, 0.1) is 0 Å². The first-order valence-electron chi connectivity index (χ1n) is 2.63. The Labute approximate surface area is 59.9 Å². The van der Waals surface area contributed by atoms with Gasteiger partial charge in [0.15, 0.2) is 10.7 Å². The lowest BCUT2D eigenvalue weighted by molar-refractivity contribution is 0.475. The molecule has 0 heterocycles. The molecule has 0 radical (unpaired) electrons. The first-order chi connectivity index (χ1) is 4.70. The largest absolute Gasteiger partial charge is 0.508 e. The molecule has 0 aliphatic carbocycles. The van der Waals surface area contributed by atoms with Crippen molar-refractivity contribution in [2.75, 3.05) is 0 Å². The highest BCUT2D eigenvalue weighted by Crippen LogP contribution is 2.09. The highest BCUT2D eigenvalue weighted by molar-refractivity contribution is 7.72. The van der Waals surface area contributed by atoms with E-state index in [1.165, 1.54) is 24.3 Å². The molecular weight excluding hydrogens is 152 g/mol. The van der Waals surface area contributed by atoms with E-state index in [9.17, 15) is 8.42 Å². The van der Waals surface area contributed by atoms with Gasteiger partial charge in [-0.15, -0.1) is 0 Å². The van der Waals surface area contributed by atoms with Crippen LogP contribution in [0.5, 0.6) is 5.75 Å². The number of phenolic OH excluding ortho intramolecular Hbond substituents is 1. The maximum absolute atomic E-state index is 10.3. The van der Waals surface area contributed by atoms with E-state index in [0.29, 0.717) is 0 Å². The zero-order chi connectivity index (χ0) is 7.56. The van der Waals surface area contributed by atoms with Crippen LogP contribution in [0.15, 0.2) is 29.2 Å². The molecular formula is C6H6O3S. The first-order valence-corrected chi connectivity index (χ1v) is 3.81. The van der Waals surface area contributed by atoms with Gasteiger partial charge in [-0.3, -0.25) is 0 Å². The van der Waals surface area contributed by atoms with Crippen molar-refractivity contribution in [1.29, 1.82) is 0 Å². The molecule has 0 aliphatic heterocycles. The van der Waals surface area contributed by atoms with Crippen LogP contribution in [0.2, 0.25) is 0 Å². The Morgan fingerprint density at radius 3 is 2.00 bits per heavy atom. The fourth-order valence-electron chi connectivity index (χ4n) is 0.574. The van der Waals surface area contributed by atoms with Crippen LogP contribution in [-0.4, -0.2) is 13.5 Å². The monoisotopic (exact) mass is 158 g/mol. The number of phenols is 1. The van der Waals surface area contributed by atoms with Gasteiger partial charge in [0.05, 0.1) is 4.90 Å². The van der Waals surface area contributed by atoms with Crippen molar-refractivity contribution in [1.82, 2.24) is 0 Å². The average molecular weight is 158 g/mol. The summed E-state index contributed by atoms with van der Waals surface area (Å²) in [4.78, 5) is 0.216. The summed E-state index contributed by atoms with van der Waals surface area (Å²) < 4.78 is 20.5. The van der Waals surface area contributed by atoms with Crippen molar-refractivity contribution < 1.29 is 13.5 Å². The van der Waals surface area contributed by atoms with Gasteiger partial charge in [0, 0.05) is 0 Å². The van der Waals surface area contributed by atoms with Crippen LogP contribution in [0.4, 0.5) is 0 Å². The van der Waals surface area contributed by atoms with Gasteiger partial charge in [0.1, 0.15) is 5.75 Å². The second-order valence-electron chi connectivity index (χ2n) is 1.77. The number of benzene rings is 1. The molecule has 1 rings (SSSR count). The zero-order valence-electron chi connectivity index (χ0n) is 5.02. The Morgan fingerprint density at radius 1 is 1.10 bits per heavy atom. The van der Waals surface area contributed by atoms with Crippen molar-refractivity contribution in [2.45, 2.75) is 4.90 Å². The molecule has 1 aromatic rings. The predicted octanol–water partition coefficient (Wildman–Crippen LogP) is 0.363. The molecule has 0 saturated carbocycles. The summed E-state index contributed by atoms with van der Waals surface area (Å²) >= 11 is 0. The third kappa shape index (κ3) is 1.48. The second kappa shape index (κ2) is 2.70. The maximum atomic E-state index is 10.3. The molecule has 1 N–H and O–H groups in total. The van der Waals surface area contributed by atoms with E-state index in [0.717, 1.165) is 0 Å². The second-order valence-corrected chi connectivity index (χ2v) is 2.80. The minimum absolute atomic E-state index is 0.0700. The van der Waals surface area contributed by atoms with E-state index < -0.39 is 10.7 Å². The molecule has 0 spiro atoms. The van der Waals surface area contributed by atoms with Gasteiger partial charge in [-0.25, -0.2) is 8.42 Å². The minimum Gasteiger partial charge on any atom is -0.508 e. The Morgan fingerprint density at radius 2 is 1.60 bits per heavy atom. The lowest BCUT2D eigenvalue weighted by Gasteiger charge is -1.89. The van der Waals surface area contributed by atoms with E-state index in [2.05, 4.69) is 0 Å². The summed E-state index contributed by atoms with van der Waals surface area (Å²) in [5.41, 5.74) is 0. The van der Waals surface area contributed by atoms with Crippen LogP contribution in [0.25, 0.3) is 0 Å². The molecule has 0 aliphatic rings. The van der Waals surface area contributed by atoms with Crippen LogP contribution in [0.3, 0.4) is 0 Å². The molecule has 0 amide bonds. The van der Waals surface area contributed by atoms with E-state index in [4.69, 9.17) is 5.11 Å². The summed E-state index contributed by atoms with van der Waals surface area (Å²) in [6.45, 7) is 0. The number of hydrogen-bond acceptors (Lipinski definition) is 3. The van der Waals surface area contributed by atoms with Gasteiger partial charge in [0.25, 0.3) is 0 Å². The molecule has 3 nitrogen and oxygen atoms in total. The van der Waals surface area contributed by atoms with Crippen LogP contribution in [-0.2, 0) is 10.7 Å². The van der Waals surface area contributed by atoms with Gasteiger partial charge >= 0.3 is 0 Å². The summed E-state index contributed by atoms with van der Waals surface area (Å²) in [5.74, 6) is 0.0700. The molecule has 4 heteroatoms. The summed E-state index contributed by atoms with van der Waals surface area (Å²) in [7, 11) is -2.52. The molecule has 10 heavy (non-hydrogen) atoms. The molecule has 1 aromatic carbocycles. The number of aromatic hydroxyl groups is 1. The lowest BCUT2D eigenvalue weighted by atomic mass is 10.3. The van der Waals surface area contributed by atoms with Crippen molar-refractivity contribution in [2.24, 2.45) is 0 Å². The Bertz CT molecular complexity index is 278. The molecule has 0 atom stereocenters. The van der Waals surface area contributed by atoms with Crippen molar-refractivity contribution in [3.8, 4) is 5.75 Å². The fourth-order valence-corrected chi connectivity index (χ4v) is 0.967. The van der Waals surface area contributed by atoms with Gasteiger partial charge < -0.3 is 5.11 Å². The molecule has 0 saturated heterocycles. The van der Waals surface area contributed by atoms with Gasteiger partial charge in [-0.05, 0) is 24.3 Å².